The summed E-state index contributed by atoms with van der Waals surface area (Å²) in [5.41, 5.74) is 1.56. The highest BCUT2D eigenvalue weighted by Crippen LogP contribution is 2.27. The summed E-state index contributed by atoms with van der Waals surface area (Å²) in [6, 6.07) is 11.0. The van der Waals surface area contributed by atoms with Gasteiger partial charge >= 0.3 is 0 Å². The summed E-state index contributed by atoms with van der Waals surface area (Å²) in [6.07, 6.45) is 2.57. The average Bonchev–Trinajstić information content (AvgIpc) is 3.39. The van der Waals surface area contributed by atoms with Crippen molar-refractivity contribution >= 4 is 27.2 Å². The molecule has 9 heteroatoms. The van der Waals surface area contributed by atoms with E-state index in [0.29, 0.717) is 29.7 Å². The first kappa shape index (κ1) is 19.0. The normalized spacial score (nSPS) is 17.7. The number of pyridine rings is 1. The third-order valence-electron chi connectivity index (χ3n) is 4.67. The quantitative estimate of drug-likeness (QED) is 0.666. The maximum atomic E-state index is 12.6. The van der Waals surface area contributed by atoms with E-state index in [2.05, 4.69) is 20.3 Å². The second-order valence-corrected chi connectivity index (χ2v) is 9.84. The molecule has 3 aromatic rings. The second-order valence-electron chi connectivity index (χ2n) is 6.73. The van der Waals surface area contributed by atoms with E-state index in [0.717, 1.165) is 23.6 Å². The number of aromatic nitrogens is 3. The molecule has 28 heavy (non-hydrogen) atoms. The zero-order valence-corrected chi connectivity index (χ0v) is 17.1. The number of rotatable bonds is 6. The lowest BCUT2D eigenvalue weighted by atomic mass is 10.1. The lowest BCUT2D eigenvalue weighted by molar-refractivity contribution is 0.463. The number of aryl methyl sites for hydroxylation is 1. The van der Waals surface area contributed by atoms with Gasteiger partial charge in [0.2, 0.25) is 0 Å². The van der Waals surface area contributed by atoms with Crippen molar-refractivity contribution in [1.82, 2.24) is 19.3 Å². The summed E-state index contributed by atoms with van der Waals surface area (Å²) in [4.78, 5) is 13.2. The second kappa shape index (κ2) is 7.94. The number of hydrogen-bond acceptors (Lipinski definition) is 7. The van der Waals surface area contributed by atoms with Crippen LogP contribution in [0.15, 0.2) is 52.2 Å². The first-order valence-electron chi connectivity index (χ1n) is 9.07. The molecule has 0 bridgehead atoms. The largest absolute Gasteiger partial charge is 0.370 e. The molecule has 146 valence electrons. The fourth-order valence-electron chi connectivity index (χ4n) is 3.27. The first-order chi connectivity index (χ1) is 13.5. The van der Waals surface area contributed by atoms with Crippen LogP contribution in [0.5, 0.6) is 0 Å². The molecule has 1 saturated heterocycles. The Morgan fingerprint density at radius 2 is 2.11 bits per heavy atom. The summed E-state index contributed by atoms with van der Waals surface area (Å²) < 4.78 is 27.3. The molecule has 4 heterocycles. The molecule has 1 unspecified atom stereocenters. The minimum Gasteiger partial charge on any atom is -0.370 e. The molecule has 3 aromatic heterocycles. The van der Waals surface area contributed by atoms with Crippen molar-refractivity contribution in [3.8, 4) is 11.4 Å². The van der Waals surface area contributed by atoms with E-state index in [1.807, 2.05) is 31.2 Å². The van der Waals surface area contributed by atoms with Gasteiger partial charge in [-0.05, 0) is 42.8 Å². The summed E-state index contributed by atoms with van der Waals surface area (Å²) in [5, 5.41) is 5.14. The smallest absolute Gasteiger partial charge is 0.252 e. The zero-order chi connectivity index (χ0) is 19.6. The Bertz CT molecular complexity index is 1040. The van der Waals surface area contributed by atoms with Crippen LogP contribution in [0.4, 0.5) is 5.82 Å². The van der Waals surface area contributed by atoms with E-state index >= 15 is 0 Å². The first-order valence-corrected chi connectivity index (χ1v) is 11.4. The third-order valence-corrected chi connectivity index (χ3v) is 7.91. The maximum absolute atomic E-state index is 12.6. The standard InChI is InChI=1S/C19H21N5O2S2/c1-14-22-17(16-5-2-3-8-20-16)11-18(23-14)21-12-15-7-9-24(13-15)28(25,26)19-6-4-10-27-19/h2-6,8,10-11,15H,7,9,12-13H2,1H3,(H,21,22,23). The molecule has 0 saturated carbocycles. The third kappa shape index (κ3) is 4.06. The van der Waals surface area contributed by atoms with Crippen LogP contribution in [-0.4, -0.2) is 47.3 Å². The van der Waals surface area contributed by atoms with Crippen molar-refractivity contribution in [3.05, 3.63) is 53.8 Å². The fraction of sp³-hybridized carbons (Fsp3) is 0.316. The molecule has 0 aromatic carbocycles. The van der Waals surface area contributed by atoms with Gasteiger partial charge in [0.25, 0.3) is 10.0 Å². The van der Waals surface area contributed by atoms with Gasteiger partial charge in [-0.2, -0.15) is 4.31 Å². The Balaban J connectivity index is 1.41. The molecule has 0 aliphatic carbocycles. The van der Waals surface area contributed by atoms with Crippen LogP contribution in [0.25, 0.3) is 11.4 Å². The molecule has 1 aliphatic rings. The molecule has 1 atom stereocenters. The summed E-state index contributed by atoms with van der Waals surface area (Å²) in [5.74, 6) is 1.63. The number of sulfonamides is 1. The molecule has 4 rings (SSSR count). The van der Waals surface area contributed by atoms with Crippen LogP contribution in [0.2, 0.25) is 0 Å². The SMILES string of the molecule is Cc1nc(NCC2CCN(S(=O)(=O)c3cccs3)C2)cc(-c2ccccn2)n1. The van der Waals surface area contributed by atoms with Gasteiger partial charge in [0.05, 0.1) is 11.4 Å². The highest BCUT2D eigenvalue weighted by molar-refractivity contribution is 7.91. The van der Waals surface area contributed by atoms with Crippen molar-refractivity contribution in [1.29, 1.82) is 0 Å². The lowest BCUT2D eigenvalue weighted by Gasteiger charge is -2.16. The highest BCUT2D eigenvalue weighted by Gasteiger charge is 2.32. The molecule has 1 fully saturated rings. The van der Waals surface area contributed by atoms with Gasteiger partial charge in [-0.3, -0.25) is 4.98 Å². The predicted octanol–water partition coefficient (Wildman–Crippen LogP) is 3.03. The van der Waals surface area contributed by atoms with Gasteiger partial charge in [0.1, 0.15) is 15.9 Å². The van der Waals surface area contributed by atoms with Crippen LogP contribution in [-0.2, 0) is 10.0 Å². The van der Waals surface area contributed by atoms with Gasteiger partial charge < -0.3 is 5.32 Å². The van der Waals surface area contributed by atoms with Crippen LogP contribution in [0, 0.1) is 12.8 Å². The van der Waals surface area contributed by atoms with Crippen molar-refractivity contribution in [2.75, 3.05) is 25.0 Å². The van der Waals surface area contributed by atoms with Crippen molar-refractivity contribution in [3.63, 3.8) is 0 Å². The van der Waals surface area contributed by atoms with Gasteiger partial charge in [-0.25, -0.2) is 18.4 Å². The van der Waals surface area contributed by atoms with Crippen LogP contribution >= 0.6 is 11.3 Å². The maximum Gasteiger partial charge on any atom is 0.252 e. The van der Waals surface area contributed by atoms with Gasteiger partial charge in [-0.1, -0.05) is 12.1 Å². The molecule has 1 N–H and O–H groups in total. The van der Waals surface area contributed by atoms with Crippen molar-refractivity contribution in [2.24, 2.45) is 5.92 Å². The topological polar surface area (TPSA) is 88.1 Å². The summed E-state index contributed by atoms with van der Waals surface area (Å²) >= 11 is 1.26. The van der Waals surface area contributed by atoms with E-state index in [4.69, 9.17) is 0 Å². The van der Waals surface area contributed by atoms with Crippen LogP contribution in [0.1, 0.15) is 12.2 Å². The Hall–Kier alpha value is -2.36. The summed E-state index contributed by atoms with van der Waals surface area (Å²) in [6.45, 7) is 3.58. The molecule has 0 radical (unpaired) electrons. The Morgan fingerprint density at radius 1 is 1.21 bits per heavy atom. The van der Waals surface area contributed by atoms with E-state index in [-0.39, 0.29) is 5.92 Å². The van der Waals surface area contributed by atoms with E-state index < -0.39 is 10.0 Å². The monoisotopic (exact) mass is 415 g/mol. The zero-order valence-electron chi connectivity index (χ0n) is 15.4. The summed E-state index contributed by atoms with van der Waals surface area (Å²) in [7, 11) is -3.37. The number of anilines is 1. The molecular weight excluding hydrogens is 394 g/mol. The highest BCUT2D eigenvalue weighted by atomic mass is 32.2. The van der Waals surface area contributed by atoms with Crippen LogP contribution in [0.3, 0.4) is 0 Å². The van der Waals surface area contributed by atoms with E-state index in [1.54, 1.807) is 28.0 Å². The number of thiophene rings is 1. The average molecular weight is 416 g/mol. The Kier molecular flexibility index (Phi) is 5.38. The Morgan fingerprint density at radius 3 is 2.86 bits per heavy atom. The predicted molar refractivity (Wildman–Crippen MR) is 110 cm³/mol. The fourth-order valence-corrected chi connectivity index (χ4v) is 5.95. The minimum absolute atomic E-state index is 0.239. The molecule has 7 nitrogen and oxygen atoms in total. The number of nitrogens with one attached hydrogen (secondary N) is 1. The van der Waals surface area contributed by atoms with Crippen molar-refractivity contribution in [2.45, 2.75) is 17.6 Å². The molecule has 1 aliphatic heterocycles. The van der Waals surface area contributed by atoms with Crippen molar-refractivity contribution < 1.29 is 8.42 Å². The van der Waals surface area contributed by atoms with Gasteiger partial charge in [0.15, 0.2) is 0 Å². The minimum atomic E-state index is -3.37. The Labute approximate surface area is 168 Å². The number of hydrogen-bond donors (Lipinski definition) is 1. The van der Waals surface area contributed by atoms with E-state index in [1.165, 1.54) is 11.3 Å². The van der Waals surface area contributed by atoms with Gasteiger partial charge in [-0.15, -0.1) is 11.3 Å². The lowest BCUT2D eigenvalue weighted by Crippen LogP contribution is -2.29. The van der Waals surface area contributed by atoms with Crippen LogP contribution < -0.4 is 5.32 Å². The number of nitrogens with zero attached hydrogens (tertiary/aromatic N) is 4. The van der Waals surface area contributed by atoms with E-state index in [9.17, 15) is 8.42 Å². The van der Waals surface area contributed by atoms with Gasteiger partial charge in [0, 0.05) is 31.9 Å². The molecular formula is C19H21N5O2S2. The molecule has 0 spiro atoms. The molecule has 0 amide bonds.